The third-order valence-electron chi connectivity index (χ3n) is 4.09. The van der Waals surface area contributed by atoms with E-state index in [-0.39, 0.29) is 12.1 Å². The summed E-state index contributed by atoms with van der Waals surface area (Å²) in [5.74, 6) is 0. The number of carbonyl (C=O) groups excluding carboxylic acids is 1. The molecule has 0 bridgehead atoms. The fourth-order valence-corrected chi connectivity index (χ4v) is 3.07. The van der Waals surface area contributed by atoms with E-state index >= 15 is 0 Å². The molecular formula is C18H25N5O2. The van der Waals surface area contributed by atoms with E-state index in [0.717, 1.165) is 30.6 Å². The van der Waals surface area contributed by atoms with Crippen molar-refractivity contribution in [2.24, 2.45) is 0 Å². The molecule has 134 valence electrons. The number of amides is 1. The highest BCUT2D eigenvalue weighted by atomic mass is 16.6. The Hall–Kier alpha value is -2.57. The molecule has 2 N–H and O–H groups in total. The maximum Gasteiger partial charge on any atom is 0.407 e. The van der Waals surface area contributed by atoms with Gasteiger partial charge in [0.05, 0.1) is 23.8 Å². The first-order chi connectivity index (χ1) is 11.9. The molecule has 1 fully saturated rings. The lowest BCUT2D eigenvalue weighted by Gasteiger charge is -2.22. The van der Waals surface area contributed by atoms with E-state index in [0.29, 0.717) is 6.04 Å². The predicted molar refractivity (Wildman–Crippen MR) is 95.8 cm³/mol. The van der Waals surface area contributed by atoms with Crippen LogP contribution in [0.4, 0.5) is 10.5 Å². The zero-order valence-corrected chi connectivity index (χ0v) is 14.9. The second-order valence-electron chi connectivity index (χ2n) is 7.36. The third kappa shape index (κ3) is 4.71. The molecule has 7 heteroatoms. The highest BCUT2D eigenvalue weighted by molar-refractivity contribution is 5.68. The number of alkyl carbamates (subject to hydrolysis) is 1. The van der Waals surface area contributed by atoms with Gasteiger partial charge >= 0.3 is 6.09 Å². The van der Waals surface area contributed by atoms with E-state index in [9.17, 15) is 4.79 Å². The highest BCUT2D eigenvalue weighted by Gasteiger charge is 2.28. The number of aromatic nitrogens is 3. The quantitative estimate of drug-likeness (QED) is 0.891. The first-order valence-corrected chi connectivity index (χ1v) is 8.62. The van der Waals surface area contributed by atoms with Crippen LogP contribution in [0.2, 0.25) is 0 Å². The lowest BCUT2D eigenvalue weighted by Crippen LogP contribution is -2.38. The second kappa shape index (κ2) is 7.13. The Balaban J connectivity index is 1.58. The zero-order chi connectivity index (χ0) is 17.9. The summed E-state index contributed by atoms with van der Waals surface area (Å²) in [5.41, 5.74) is 1.50. The largest absolute Gasteiger partial charge is 0.444 e. The summed E-state index contributed by atoms with van der Waals surface area (Å²) in [6, 6.07) is 8.43. The van der Waals surface area contributed by atoms with Crippen LogP contribution in [0, 0.1) is 0 Å². The molecule has 1 amide bonds. The predicted octanol–water partition coefficient (Wildman–Crippen LogP) is 3.13. The van der Waals surface area contributed by atoms with Gasteiger partial charge < -0.3 is 15.4 Å². The van der Waals surface area contributed by atoms with Gasteiger partial charge in [-0.15, -0.1) is 5.10 Å². The van der Waals surface area contributed by atoms with E-state index in [2.05, 4.69) is 20.9 Å². The maximum atomic E-state index is 11.9. The Bertz CT molecular complexity index is 709. The van der Waals surface area contributed by atoms with E-state index < -0.39 is 5.60 Å². The summed E-state index contributed by atoms with van der Waals surface area (Å²) in [4.78, 5) is 11.9. The molecular weight excluding hydrogens is 318 g/mol. The molecule has 2 atom stereocenters. The van der Waals surface area contributed by atoms with Gasteiger partial charge in [0.15, 0.2) is 0 Å². The van der Waals surface area contributed by atoms with Crippen molar-refractivity contribution < 1.29 is 9.53 Å². The highest BCUT2D eigenvalue weighted by Crippen LogP contribution is 2.26. The average molecular weight is 343 g/mol. The van der Waals surface area contributed by atoms with Gasteiger partial charge in [-0.25, -0.2) is 9.48 Å². The van der Waals surface area contributed by atoms with Crippen LogP contribution >= 0.6 is 0 Å². The molecule has 1 saturated carbocycles. The lowest BCUT2D eigenvalue weighted by atomic mass is 10.2. The number of para-hydroxylation sites is 2. The smallest absolute Gasteiger partial charge is 0.407 e. The molecule has 0 radical (unpaired) electrons. The summed E-state index contributed by atoms with van der Waals surface area (Å²) in [6.45, 7) is 5.60. The van der Waals surface area contributed by atoms with Crippen LogP contribution in [-0.4, -0.2) is 38.8 Å². The van der Waals surface area contributed by atoms with Gasteiger partial charge in [-0.1, -0.05) is 17.3 Å². The van der Waals surface area contributed by atoms with Gasteiger partial charge in [-0.2, -0.15) is 0 Å². The van der Waals surface area contributed by atoms with Gasteiger partial charge in [-0.3, -0.25) is 0 Å². The van der Waals surface area contributed by atoms with Gasteiger partial charge in [-0.05, 0) is 52.2 Å². The van der Waals surface area contributed by atoms with E-state index in [1.54, 1.807) is 10.9 Å². The van der Waals surface area contributed by atoms with Crippen molar-refractivity contribution in [3.8, 4) is 5.69 Å². The molecule has 0 aliphatic heterocycles. The minimum absolute atomic E-state index is 0.130. The molecule has 3 rings (SSSR count). The van der Waals surface area contributed by atoms with Crippen LogP contribution in [-0.2, 0) is 4.74 Å². The molecule has 1 heterocycles. The molecule has 1 aromatic carbocycles. The van der Waals surface area contributed by atoms with Crippen molar-refractivity contribution in [2.45, 2.75) is 57.7 Å². The topological polar surface area (TPSA) is 81.1 Å². The van der Waals surface area contributed by atoms with Crippen molar-refractivity contribution in [3.63, 3.8) is 0 Å². The number of hydrogen-bond acceptors (Lipinski definition) is 5. The lowest BCUT2D eigenvalue weighted by molar-refractivity contribution is 0.0505. The summed E-state index contributed by atoms with van der Waals surface area (Å²) in [6.07, 6.45) is 5.93. The number of benzene rings is 1. The number of anilines is 1. The van der Waals surface area contributed by atoms with Crippen molar-refractivity contribution in [2.75, 3.05) is 5.32 Å². The molecule has 25 heavy (non-hydrogen) atoms. The van der Waals surface area contributed by atoms with Crippen molar-refractivity contribution >= 4 is 11.8 Å². The monoisotopic (exact) mass is 343 g/mol. The third-order valence-corrected chi connectivity index (χ3v) is 4.09. The van der Waals surface area contributed by atoms with Crippen molar-refractivity contribution in [1.82, 2.24) is 20.3 Å². The molecule has 1 aliphatic carbocycles. The SMILES string of the molecule is CC(C)(C)OC(=O)NC1CCC(Nc2ccccc2-n2ccnn2)C1. The first kappa shape index (κ1) is 17.3. The molecule has 1 aliphatic rings. The second-order valence-corrected chi connectivity index (χ2v) is 7.36. The number of hydrogen-bond donors (Lipinski definition) is 2. The van der Waals surface area contributed by atoms with Crippen LogP contribution in [0.3, 0.4) is 0 Å². The van der Waals surface area contributed by atoms with Crippen LogP contribution < -0.4 is 10.6 Å². The fourth-order valence-electron chi connectivity index (χ4n) is 3.07. The van der Waals surface area contributed by atoms with Gasteiger partial charge in [0, 0.05) is 12.1 Å². The summed E-state index contributed by atoms with van der Waals surface area (Å²) >= 11 is 0. The van der Waals surface area contributed by atoms with Gasteiger partial charge in [0.25, 0.3) is 0 Å². The average Bonchev–Trinajstić information content (AvgIpc) is 3.18. The minimum atomic E-state index is -0.475. The number of ether oxygens (including phenoxy) is 1. The summed E-state index contributed by atoms with van der Waals surface area (Å²) in [7, 11) is 0. The van der Waals surface area contributed by atoms with Crippen LogP contribution in [0.25, 0.3) is 5.69 Å². The van der Waals surface area contributed by atoms with E-state index in [4.69, 9.17) is 4.74 Å². The van der Waals surface area contributed by atoms with E-state index in [1.165, 1.54) is 0 Å². The standard InChI is InChI=1S/C18H25N5O2/c1-18(2,3)25-17(24)21-14-9-8-13(12-14)20-15-6-4-5-7-16(15)23-11-10-19-22-23/h4-7,10-11,13-14,20H,8-9,12H2,1-3H3,(H,21,24). The minimum Gasteiger partial charge on any atom is -0.444 e. The number of nitrogens with one attached hydrogen (secondary N) is 2. The fraction of sp³-hybridized carbons (Fsp3) is 0.500. The Morgan fingerprint density at radius 3 is 2.72 bits per heavy atom. The summed E-state index contributed by atoms with van der Waals surface area (Å²) in [5, 5.41) is 14.5. The van der Waals surface area contributed by atoms with Crippen molar-refractivity contribution in [3.05, 3.63) is 36.7 Å². The molecule has 2 unspecified atom stereocenters. The number of nitrogens with zero attached hydrogens (tertiary/aromatic N) is 3. The molecule has 2 aromatic rings. The van der Waals surface area contributed by atoms with Gasteiger partial charge in [0.2, 0.25) is 0 Å². The molecule has 7 nitrogen and oxygen atoms in total. The Kier molecular flexibility index (Phi) is 4.92. The zero-order valence-electron chi connectivity index (χ0n) is 14.9. The van der Waals surface area contributed by atoms with Gasteiger partial charge in [0.1, 0.15) is 5.60 Å². The normalized spacial score (nSPS) is 20.3. The van der Waals surface area contributed by atoms with Crippen molar-refractivity contribution in [1.29, 1.82) is 0 Å². The van der Waals surface area contributed by atoms with E-state index in [1.807, 2.05) is 51.2 Å². The first-order valence-electron chi connectivity index (χ1n) is 8.62. The molecule has 1 aromatic heterocycles. The molecule has 0 saturated heterocycles. The Morgan fingerprint density at radius 2 is 2.00 bits per heavy atom. The summed E-state index contributed by atoms with van der Waals surface area (Å²) < 4.78 is 7.08. The molecule has 0 spiro atoms. The Labute approximate surface area is 147 Å². The number of carbonyl (C=O) groups is 1. The van der Waals surface area contributed by atoms with Crippen LogP contribution in [0.5, 0.6) is 0 Å². The van der Waals surface area contributed by atoms with Crippen LogP contribution in [0.15, 0.2) is 36.7 Å². The van der Waals surface area contributed by atoms with Crippen LogP contribution in [0.1, 0.15) is 40.0 Å². The number of rotatable bonds is 4. The maximum absolute atomic E-state index is 11.9. The Morgan fingerprint density at radius 1 is 1.24 bits per heavy atom.